The summed E-state index contributed by atoms with van der Waals surface area (Å²) in [6.45, 7) is 2.05. The Balaban J connectivity index is 1.69. The monoisotopic (exact) mass is 357 g/mol. The number of benzene rings is 3. The molecule has 0 aliphatic rings. The highest BCUT2D eigenvalue weighted by molar-refractivity contribution is 5.85. The fourth-order valence-electron chi connectivity index (χ4n) is 2.98. The zero-order valence-corrected chi connectivity index (χ0v) is 15.2. The molecule has 0 atom stereocenters. The van der Waals surface area contributed by atoms with E-state index >= 15 is 0 Å². The molecule has 0 aliphatic heterocycles. The molecule has 0 radical (unpaired) electrons. The first kappa shape index (κ1) is 16.9. The van der Waals surface area contributed by atoms with Gasteiger partial charge in [-0.2, -0.15) is 0 Å². The van der Waals surface area contributed by atoms with E-state index < -0.39 is 0 Å². The molecule has 134 valence electrons. The van der Waals surface area contributed by atoms with E-state index in [0.29, 0.717) is 16.5 Å². The standard InChI is InChI=1S/C23H19NO3/c1-15-3-7-17(8-4-15)24-18-9-12-20-22(13-18)27-14-21(23(20)25)16-5-10-19(26-2)11-6-16/h3-14,24H,1-2H3. The summed E-state index contributed by atoms with van der Waals surface area (Å²) in [6.07, 6.45) is 1.52. The molecule has 4 rings (SSSR count). The Morgan fingerprint density at radius 2 is 1.59 bits per heavy atom. The van der Waals surface area contributed by atoms with Gasteiger partial charge in [0.05, 0.1) is 18.1 Å². The Kier molecular flexibility index (Phi) is 4.38. The number of rotatable bonds is 4. The molecule has 27 heavy (non-hydrogen) atoms. The average molecular weight is 357 g/mol. The number of nitrogens with one attached hydrogen (secondary N) is 1. The van der Waals surface area contributed by atoms with Crippen molar-refractivity contribution in [2.45, 2.75) is 6.92 Å². The molecule has 0 fully saturated rings. The van der Waals surface area contributed by atoms with Gasteiger partial charge in [0.2, 0.25) is 0 Å². The van der Waals surface area contributed by atoms with Gasteiger partial charge in [0, 0.05) is 17.4 Å². The highest BCUT2D eigenvalue weighted by Gasteiger charge is 2.10. The van der Waals surface area contributed by atoms with Crippen LogP contribution in [0, 0.1) is 6.92 Å². The van der Waals surface area contributed by atoms with Crippen molar-refractivity contribution in [2.24, 2.45) is 0 Å². The third-order valence-electron chi connectivity index (χ3n) is 4.52. The summed E-state index contributed by atoms with van der Waals surface area (Å²) in [6, 6.07) is 21.0. The van der Waals surface area contributed by atoms with Crippen LogP contribution in [-0.4, -0.2) is 7.11 Å². The van der Waals surface area contributed by atoms with Crippen LogP contribution in [0.25, 0.3) is 22.1 Å². The van der Waals surface area contributed by atoms with Crippen molar-refractivity contribution < 1.29 is 9.15 Å². The van der Waals surface area contributed by atoms with Crippen LogP contribution in [0.3, 0.4) is 0 Å². The number of aryl methyl sites for hydroxylation is 1. The predicted octanol–water partition coefficient (Wildman–Crippen LogP) is 5.52. The summed E-state index contributed by atoms with van der Waals surface area (Å²) in [7, 11) is 1.61. The molecular formula is C23H19NO3. The fourth-order valence-corrected chi connectivity index (χ4v) is 2.98. The maximum absolute atomic E-state index is 12.9. The second kappa shape index (κ2) is 7.00. The third kappa shape index (κ3) is 3.42. The molecule has 0 bridgehead atoms. The molecule has 0 spiro atoms. The molecule has 3 aromatic carbocycles. The minimum absolute atomic E-state index is 0.0525. The Hall–Kier alpha value is -3.53. The second-order valence-corrected chi connectivity index (χ2v) is 6.41. The van der Waals surface area contributed by atoms with E-state index in [1.807, 2.05) is 60.7 Å². The fraction of sp³-hybridized carbons (Fsp3) is 0.0870. The van der Waals surface area contributed by atoms with E-state index in [0.717, 1.165) is 22.7 Å². The van der Waals surface area contributed by atoms with Gasteiger partial charge in [-0.15, -0.1) is 0 Å². The van der Waals surface area contributed by atoms with Crippen molar-refractivity contribution in [3.05, 3.63) is 88.8 Å². The summed E-state index contributed by atoms with van der Waals surface area (Å²) in [5, 5.41) is 3.88. The molecule has 0 unspecified atom stereocenters. The second-order valence-electron chi connectivity index (χ2n) is 6.41. The largest absolute Gasteiger partial charge is 0.497 e. The first-order valence-electron chi connectivity index (χ1n) is 8.68. The molecule has 0 amide bonds. The van der Waals surface area contributed by atoms with Gasteiger partial charge in [0.15, 0.2) is 5.43 Å². The maximum atomic E-state index is 12.9. The van der Waals surface area contributed by atoms with Crippen molar-refractivity contribution in [3.8, 4) is 16.9 Å². The van der Waals surface area contributed by atoms with Crippen LogP contribution < -0.4 is 15.5 Å². The van der Waals surface area contributed by atoms with Crippen LogP contribution in [0.15, 0.2) is 82.2 Å². The van der Waals surface area contributed by atoms with Crippen LogP contribution in [0.5, 0.6) is 5.75 Å². The van der Waals surface area contributed by atoms with Crippen LogP contribution in [0.2, 0.25) is 0 Å². The third-order valence-corrected chi connectivity index (χ3v) is 4.52. The van der Waals surface area contributed by atoms with Crippen LogP contribution in [0.1, 0.15) is 5.56 Å². The zero-order chi connectivity index (χ0) is 18.8. The van der Waals surface area contributed by atoms with Crippen molar-refractivity contribution in [1.29, 1.82) is 0 Å². The first-order chi connectivity index (χ1) is 13.1. The topological polar surface area (TPSA) is 51.5 Å². The minimum Gasteiger partial charge on any atom is -0.497 e. The molecular weight excluding hydrogens is 338 g/mol. The number of hydrogen-bond donors (Lipinski definition) is 1. The van der Waals surface area contributed by atoms with Crippen LogP contribution in [0.4, 0.5) is 11.4 Å². The molecule has 4 nitrogen and oxygen atoms in total. The molecule has 4 aromatic rings. The highest BCUT2D eigenvalue weighted by atomic mass is 16.5. The lowest BCUT2D eigenvalue weighted by molar-refractivity contribution is 0.415. The summed E-state index contributed by atoms with van der Waals surface area (Å²) in [5.74, 6) is 0.746. The van der Waals surface area contributed by atoms with Crippen molar-refractivity contribution in [1.82, 2.24) is 0 Å². The summed E-state index contributed by atoms with van der Waals surface area (Å²) >= 11 is 0. The summed E-state index contributed by atoms with van der Waals surface area (Å²) < 4.78 is 10.9. The summed E-state index contributed by atoms with van der Waals surface area (Å²) in [4.78, 5) is 12.9. The van der Waals surface area contributed by atoms with Gasteiger partial charge in [-0.25, -0.2) is 0 Å². The minimum atomic E-state index is -0.0525. The van der Waals surface area contributed by atoms with Crippen molar-refractivity contribution in [3.63, 3.8) is 0 Å². The van der Waals surface area contributed by atoms with Crippen LogP contribution in [-0.2, 0) is 0 Å². The number of anilines is 2. The molecule has 0 aliphatic carbocycles. The molecule has 1 heterocycles. The SMILES string of the molecule is COc1ccc(-c2coc3cc(Nc4ccc(C)cc4)ccc3c2=O)cc1. The van der Waals surface area contributed by atoms with Crippen molar-refractivity contribution in [2.75, 3.05) is 12.4 Å². The van der Waals surface area contributed by atoms with Gasteiger partial charge >= 0.3 is 0 Å². The van der Waals surface area contributed by atoms with E-state index in [-0.39, 0.29) is 5.43 Å². The summed E-state index contributed by atoms with van der Waals surface area (Å²) in [5.41, 5.74) is 4.88. The smallest absolute Gasteiger partial charge is 0.200 e. The van der Waals surface area contributed by atoms with Gasteiger partial charge in [0.1, 0.15) is 17.6 Å². The maximum Gasteiger partial charge on any atom is 0.200 e. The van der Waals surface area contributed by atoms with E-state index in [1.54, 1.807) is 13.2 Å². The van der Waals surface area contributed by atoms with E-state index in [1.165, 1.54) is 11.8 Å². The Bertz CT molecular complexity index is 1140. The first-order valence-corrected chi connectivity index (χ1v) is 8.68. The zero-order valence-electron chi connectivity index (χ0n) is 15.2. The molecule has 1 N–H and O–H groups in total. The Morgan fingerprint density at radius 1 is 0.889 bits per heavy atom. The number of fused-ring (bicyclic) bond motifs is 1. The lowest BCUT2D eigenvalue weighted by atomic mass is 10.1. The van der Waals surface area contributed by atoms with E-state index in [9.17, 15) is 4.79 Å². The van der Waals surface area contributed by atoms with Crippen LogP contribution >= 0.6 is 0 Å². The lowest BCUT2D eigenvalue weighted by Crippen LogP contribution is -2.05. The predicted molar refractivity (Wildman–Crippen MR) is 109 cm³/mol. The molecule has 0 saturated carbocycles. The Labute approximate surface area is 157 Å². The molecule has 0 saturated heterocycles. The van der Waals surface area contributed by atoms with Gasteiger partial charge in [-0.05, 0) is 48.9 Å². The number of methoxy groups -OCH3 is 1. The average Bonchev–Trinajstić information content (AvgIpc) is 2.70. The van der Waals surface area contributed by atoms with Gasteiger partial charge in [0.25, 0.3) is 0 Å². The van der Waals surface area contributed by atoms with Gasteiger partial charge in [-0.3, -0.25) is 4.79 Å². The molecule has 4 heteroatoms. The molecule has 1 aromatic heterocycles. The highest BCUT2D eigenvalue weighted by Crippen LogP contribution is 2.25. The van der Waals surface area contributed by atoms with E-state index in [4.69, 9.17) is 9.15 Å². The normalized spacial score (nSPS) is 10.7. The Morgan fingerprint density at radius 3 is 2.30 bits per heavy atom. The number of hydrogen-bond acceptors (Lipinski definition) is 4. The quantitative estimate of drug-likeness (QED) is 0.522. The van der Waals surface area contributed by atoms with Gasteiger partial charge in [-0.1, -0.05) is 29.8 Å². The lowest BCUT2D eigenvalue weighted by Gasteiger charge is -2.08. The van der Waals surface area contributed by atoms with E-state index in [2.05, 4.69) is 12.2 Å². The van der Waals surface area contributed by atoms with Gasteiger partial charge < -0.3 is 14.5 Å². The van der Waals surface area contributed by atoms with Crippen molar-refractivity contribution >= 4 is 22.3 Å². The number of ether oxygens (including phenoxy) is 1.